The van der Waals surface area contributed by atoms with Gasteiger partial charge in [0, 0.05) is 49.4 Å². The molecule has 1 saturated heterocycles. The Morgan fingerprint density at radius 2 is 1.71 bits per heavy atom. The normalized spacial score (nSPS) is 14.5. The third-order valence-corrected chi connectivity index (χ3v) is 5.69. The molecule has 0 radical (unpaired) electrons. The molecule has 3 aromatic rings. The minimum absolute atomic E-state index is 0.0536. The Morgan fingerprint density at radius 3 is 2.34 bits per heavy atom. The highest BCUT2D eigenvalue weighted by Gasteiger charge is 2.20. The number of anilines is 2. The van der Waals surface area contributed by atoms with E-state index in [0.29, 0.717) is 23.0 Å². The van der Waals surface area contributed by atoms with Crippen LogP contribution >= 0.6 is 0 Å². The summed E-state index contributed by atoms with van der Waals surface area (Å²) in [5, 5.41) is 9.28. The Labute approximate surface area is 204 Å². The van der Waals surface area contributed by atoms with Gasteiger partial charge in [-0.25, -0.2) is 4.79 Å². The van der Waals surface area contributed by atoms with Crippen LogP contribution in [0.4, 0.5) is 16.3 Å². The summed E-state index contributed by atoms with van der Waals surface area (Å²) in [6, 6.07) is 12.2. The van der Waals surface area contributed by atoms with Crippen molar-refractivity contribution in [3.8, 4) is 0 Å². The fourth-order valence-corrected chi connectivity index (χ4v) is 3.65. The molecule has 0 atom stereocenters. The van der Waals surface area contributed by atoms with E-state index < -0.39 is 6.03 Å². The highest BCUT2D eigenvalue weighted by atomic mass is 16.5. The maximum Gasteiger partial charge on any atom is 0.324 e. The second kappa shape index (κ2) is 10.8. The molecule has 9 nitrogen and oxygen atoms in total. The molecule has 0 spiro atoms. The van der Waals surface area contributed by atoms with Crippen molar-refractivity contribution >= 4 is 23.3 Å². The molecule has 9 heteroatoms. The first-order valence-electron chi connectivity index (χ1n) is 11.7. The fourth-order valence-electron chi connectivity index (χ4n) is 3.65. The lowest BCUT2D eigenvalue weighted by molar-refractivity contribution is 0.0341. The summed E-state index contributed by atoms with van der Waals surface area (Å²) in [7, 11) is 0. The number of nitrogens with one attached hydrogen (secondary N) is 2. The number of pyridine rings is 1. The van der Waals surface area contributed by atoms with Crippen LogP contribution in [0.25, 0.3) is 0 Å². The number of rotatable bonds is 7. The Kier molecular flexibility index (Phi) is 7.57. The number of hydrogen-bond donors (Lipinski definition) is 2. The molecule has 4 rings (SSSR count). The van der Waals surface area contributed by atoms with E-state index in [1.165, 1.54) is 0 Å². The van der Waals surface area contributed by atoms with Crippen LogP contribution in [0.2, 0.25) is 0 Å². The van der Waals surface area contributed by atoms with Gasteiger partial charge in [0.2, 0.25) is 0 Å². The summed E-state index contributed by atoms with van der Waals surface area (Å²) >= 11 is 0. The van der Waals surface area contributed by atoms with Crippen LogP contribution in [-0.4, -0.2) is 53.2 Å². The molecule has 184 valence electrons. The Hall–Kier alpha value is -3.56. The van der Waals surface area contributed by atoms with Crippen molar-refractivity contribution in [2.75, 3.05) is 36.9 Å². The highest BCUT2D eigenvalue weighted by molar-refractivity contribution is 5.99. The number of morpholine rings is 1. The largest absolute Gasteiger partial charge is 0.379 e. The van der Waals surface area contributed by atoms with Crippen LogP contribution in [-0.2, 0) is 23.1 Å². The number of urea groups is 1. The lowest BCUT2D eigenvalue weighted by atomic mass is 9.93. The first-order valence-corrected chi connectivity index (χ1v) is 11.7. The van der Waals surface area contributed by atoms with Crippen molar-refractivity contribution in [1.82, 2.24) is 15.0 Å². The van der Waals surface area contributed by atoms with Crippen LogP contribution in [0.1, 0.15) is 48.1 Å². The van der Waals surface area contributed by atoms with Crippen molar-refractivity contribution in [2.45, 2.75) is 39.2 Å². The number of nitrogens with zero attached hydrogens (tertiary/aromatic N) is 3. The van der Waals surface area contributed by atoms with E-state index in [1.807, 2.05) is 39.0 Å². The first kappa shape index (κ1) is 24.6. The molecule has 1 aliphatic heterocycles. The van der Waals surface area contributed by atoms with Gasteiger partial charge in [0.15, 0.2) is 11.6 Å². The molecule has 35 heavy (non-hydrogen) atoms. The number of Topliss-reactive ketones (excluding diaryl/α,β-unsaturated/α-hetero) is 1. The lowest BCUT2D eigenvalue weighted by Gasteiger charge is -2.26. The number of ether oxygens (including phenoxy) is 1. The summed E-state index contributed by atoms with van der Waals surface area (Å²) in [6.07, 6.45) is 2.00. The molecule has 0 aliphatic carbocycles. The van der Waals surface area contributed by atoms with E-state index in [9.17, 15) is 9.59 Å². The SMILES string of the molecule is CC(C)(C)c1cc(NC(=O)Nc2ccc(CC(=O)c3ccc(CN4CCOCC4)cn3)cc2)no1. The zero-order valence-corrected chi connectivity index (χ0v) is 20.3. The maximum absolute atomic E-state index is 12.7. The number of hydrogen-bond acceptors (Lipinski definition) is 7. The van der Waals surface area contributed by atoms with Crippen LogP contribution < -0.4 is 10.6 Å². The molecule has 2 aromatic heterocycles. The predicted molar refractivity (Wildman–Crippen MR) is 133 cm³/mol. The van der Waals surface area contributed by atoms with Gasteiger partial charge in [-0.1, -0.05) is 44.1 Å². The van der Waals surface area contributed by atoms with Gasteiger partial charge in [-0.15, -0.1) is 0 Å². The third-order valence-electron chi connectivity index (χ3n) is 5.69. The van der Waals surface area contributed by atoms with Crippen LogP contribution in [0.15, 0.2) is 53.2 Å². The van der Waals surface area contributed by atoms with E-state index >= 15 is 0 Å². The molecular weight excluding hydrogens is 446 g/mol. The van der Waals surface area contributed by atoms with Crippen LogP contribution in [0, 0.1) is 0 Å². The van der Waals surface area contributed by atoms with Gasteiger partial charge < -0.3 is 14.6 Å². The Bertz CT molecular complexity index is 1140. The van der Waals surface area contributed by atoms with Gasteiger partial charge in [0.05, 0.1) is 13.2 Å². The van der Waals surface area contributed by atoms with E-state index in [0.717, 1.165) is 44.0 Å². The zero-order valence-electron chi connectivity index (χ0n) is 20.3. The first-order chi connectivity index (χ1) is 16.8. The van der Waals surface area contributed by atoms with Crippen LogP contribution in [0.3, 0.4) is 0 Å². The van der Waals surface area contributed by atoms with Crippen molar-refractivity contribution in [1.29, 1.82) is 0 Å². The standard InChI is InChI=1S/C26H31N5O4/c1-26(2,3)23-15-24(30-35-23)29-25(33)28-20-7-4-18(5-8-20)14-22(32)21-9-6-19(16-27-21)17-31-10-12-34-13-11-31/h4-9,15-16H,10-14,17H2,1-3H3,(H2,28,29,30,33). The van der Waals surface area contributed by atoms with Gasteiger partial charge in [0.1, 0.15) is 11.5 Å². The number of aromatic nitrogens is 2. The minimum Gasteiger partial charge on any atom is -0.379 e. The fraction of sp³-hybridized carbons (Fsp3) is 0.385. The number of amides is 2. The molecule has 1 fully saturated rings. The van der Waals surface area contributed by atoms with Gasteiger partial charge >= 0.3 is 6.03 Å². The van der Waals surface area contributed by atoms with Crippen molar-refractivity contribution in [3.05, 3.63) is 71.2 Å². The molecular formula is C26H31N5O4. The number of carbonyl (C=O) groups is 2. The predicted octanol–water partition coefficient (Wildman–Crippen LogP) is 4.27. The number of ketones is 1. The summed E-state index contributed by atoms with van der Waals surface area (Å²) in [5.74, 6) is 0.975. The molecule has 0 saturated carbocycles. The van der Waals surface area contributed by atoms with Crippen molar-refractivity contribution < 1.29 is 18.8 Å². The third kappa shape index (κ3) is 6.97. The average Bonchev–Trinajstić information content (AvgIpc) is 3.30. The summed E-state index contributed by atoms with van der Waals surface area (Å²) in [4.78, 5) is 31.6. The Balaban J connectivity index is 1.27. The smallest absolute Gasteiger partial charge is 0.324 e. The van der Waals surface area contributed by atoms with E-state index in [-0.39, 0.29) is 17.6 Å². The monoisotopic (exact) mass is 477 g/mol. The molecule has 1 aromatic carbocycles. The molecule has 0 bridgehead atoms. The summed E-state index contributed by atoms with van der Waals surface area (Å²) in [5.41, 5.74) is 2.77. The maximum atomic E-state index is 12.7. The summed E-state index contributed by atoms with van der Waals surface area (Å²) in [6.45, 7) is 10.1. The Morgan fingerprint density at radius 1 is 1.00 bits per heavy atom. The van der Waals surface area contributed by atoms with E-state index in [4.69, 9.17) is 9.26 Å². The van der Waals surface area contributed by atoms with Gasteiger partial charge in [0.25, 0.3) is 0 Å². The molecule has 2 amide bonds. The number of benzene rings is 1. The highest BCUT2D eigenvalue weighted by Crippen LogP contribution is 2.24. The topological polar surface area (TPSA) is 110 Å². The molecule has 0 unspecified atom stereocenters. The van der Waals surface area contributed by atoms with Gasteiger partial charge in [-0.05, 0) is 29.3 Å². The zero-order chi connectivity index (χ0) is 24.8. The van der Waals surface area contributed by atoms with Crippen molar-refractivity contribution in [3.63, 3.8) is 0 Å². The van der Waals surface area contributed by atoms with Gasteiger partial charge in [-0.2, -0.15) is 0 Å². The summed E-state index contributed by atoms with van der Waals surface area (Å²) < 4.78 is 10.6. The second-order valence-electron chi connectivity index (χ2n) is 9.64. The second-order valence-corrected chi connectivity index (χ2v) is 9.64. The molecule has 1 aliphatic rings. The van der Waals surface area contributed by atoms with E-state index in [1.54, 1.807) is 30.5 Å². The van der Waals surface area contributed by atoms with E-state index in [2.05, 4.69) is 25.7 Å². The van der Waals surface area contributed by atoms with Gasteiger partial charge in [-0.3, -0.25) is 20.0 Å². The van der Waals surface area contributed by atoms with Crippen molar-refractivity contribution in [2.24, 2.45) is 0 Å². The molecule has 3 heterocycles. The lowest BCUT2D eigenvalue weighted by Crippen LogP contribution is -2.35. The minimum atomic E-state index is -0.427. The average molecular weight is 478 g/mol. The quantitative estimate of drug-likeness (QED) is 0.489. The van der Waals surface area contributed by atoms with Crippen LogP contribution in [0.5, 0.6) is 0 Å². The number of carbonyl (C=O) groups excluding carboxylic acids is 2. The molecule has 2 N–H and O–H groups in total.